The van der Waals surface area contributed by atoms with E-state index in [4.69, 9.17) is 21.8 Å². The lowest BCUT2D eigenvalue weighted by Crippen LogP contribution is -2.30. The lowest BCUT2D eigenvalue weighted by atomic mass is 10.1. The molecule has 3 N–H and O–H groups in total. The second kappa shape index (κ2) is 7.25. The highest BCUT2D eigenvalue weighted by molar-refractivity contribution is 6.30. The molecule has 0 bridgehead atoms. The number of rotatable bonds is 4. The summed E-state index contributed by atoms with van der Waals surface area (Å²) in [4.78, 5) is 25.9. The van der Waals surface area contributed by atoms with Gasteiger partial charge in [0, 0.05) is 21.8 Å². The molecule has 0 saturated heterocycles. The number of carbonyl (C=O) groups is 1. The van der Waals surface area contributed by atoms with E-state index in [1.54, 1.807) is 54.6 Å². The summed E-state index contributed by atoms with van der Waals surface area (Å²) >= 11 is 5.87. The van der Waals surface area contributed by atoms with Gasteiger partial charge < -0.3 is 15.5 Å². The molecule has 0 unspecified atom stereocenters. The summed E-state index contributed by atoms with van der Waals surface area (Å²) in [6.07, 6.45) is 1.54. The van der Waals surface area contributed by atoms with E-state index in [0.717, 1.165) is 0 Å². The number of aromatic nitrogens is 1. The molecule has 1 amide bonds. The maximum absolute atomic E-state index is 13.1. The summed E-state index contributed by atoms with van der Waals surface area (Å²) in [5.41, 5.74) is 7.31. The Morgan fingerprint density at radius 3 is 2.61 bits per heavy atom. The number of nitrogen functional groups attached to an aromatic ring is 1. The summed E-state index contributed by atoms with van der Waals surface area (Å²) < 4.78 is 6.86. The molecule has 0 atom stereocenters. The molecule has 4 aromatic rings. The van der Waals surface area contributed by atoms with Crippen molar-refractivity contribution in [1.82, 2.24) is 4.57 Å². The van der Waals surface area contributed by atoms with Crippen LogP contribution in [0.15, 0.2) is 76.1 Å². The summed E-state index contributed by atoms with van der Waals surface area (Å²) in [6, 6.07) is 17.0. The Bertz CT molecular complexity index is 1210. The quantitative estimate of drug-likeness (QED) is 0.510. The number of anilines is 2. The van der Waals surface area contributed by atoms with Gasteiger partial charge in [0.15, 0.2) is 0 Å². The first-order valence-electron chi connectivity index (χ1n) is 8.54. The molecule has 4 rings (SSSR count). The van der Waals surface area contributed by atoms with Crippen molar-refractivity contribution in [3.63, 3.8) is 0 Å². The van der Waals surface area contributed by atoms with Crippen LogP contribution < -0.4 is 16.6 Å². The number of nitrogens with one attached hydrogen (secondary N) is 1. The van der Waals surface area contributed by atoms with Crippen LogP contribution in [-0.4, -0.2) is 10.5 Å². The predicted octanol–water partition coefficient (Wildman–Crippen LogP) is 4.13. The molecule has 0 aliphatic rings. The van der Waals surface area contributed by atoms with Gasteiger partial charge in [-0.3, -0.25) is 14.2 Å². The molecule has 28 heavy (non-hydrogen) atoms. The molecule has 0 radical (unpaired) electrons. The summed E-state index contributed by atoms with van der Waals surface area (Å²) in [6.45, 7) is 0.188. The van der Waals surface area contributed by atoms with E-state index in [1.807, 2.05) is 0 Å². The fraction of sp³-hybridized carbons (Fsp3) is 0.0476. The molecular weight excluding hydrogens is 378 g/mol. The monoisotopic (exact) mass is 393 g/mol. The van der Waals surface area contributed by atoms with Gasteiger partial charge in [0.1, 0.15) is 11.3 Å². The standard InChI is InChI=1S/C21H16ClN3O3/c22-13-6-8-14(9-7-13)24-20(26)17-11-16-18(23)4-1-5-19(16)25(21(17)27)12-15-3-2-10-28-15/h1-11H,12,23H2,(H,24,26). The third kappa shape index (κ3) is 3.37. The van der Waals surface area contributed by atoms with Crippen molar-refractivity contribution < 1.29 is 9.21 Å². The van der Waals surface area contributed by atoms with Gasteiger partial charge in [-0.05, 0) is 54.6 Å². The van der Waals surface area contributed by atoms with Gasteiger partial charge in [-0.15, -0.1) is 0 Å². The van der Waals surface area contributed by atoms with Crippen LogP contribution in [-0.2, 0) is 6.54 Å². The van der Waals surface area contributed by atoms with Gasteiger partial charge >= 0.3 is 0 Å². The fourth-order valence-electron chi connectivity index (χ4n) is 3.03. The maximum Gasteiger partial charge on any atom is 0.264 e. The zero-order valence-corrected chi connectivity index (χ0v) is 15.4. The molecule has 2 aromatic carbocycles. The van der Waals surface area contributed by atoms with E-state index in [2.05, 4.69) is 5.32 Å². The van der Waals surface area contributed by atoms with E-state index < -0.39 is 11.5 Å². The molecule has 0 spiro atoms. The number of benzene rings is 2. The third-order valence-electron chi connectivity index (χ3n) is 4.41. The first kappa shape index (κ1) is 17.9. The molecule has 2 heterocycles. The Labute approximate surface area is 165 Å². The van der Waals surface area contributed by atoms with Crippen molar-refractivity contribution in [1.29, 1.82) is 0 Å². The van der Waals surface area contributed by atoms with Crippen molar-refractivity contribution in [2.24, 2.45) is 0 Å². The minimum Gasteiger partial charge on any atom is -0.467 e. The van der Waals surface area contributed by atoms with Gasteiger partial charge in [0.25, 0.3) is 11.5 Å². The van der Waals surface area contributed by atoms with E-state index in [9.17, 15) is 9.59 Å². The Morgan fingerprint density at radius 2 is 1.89 bits per heavy atom. The summed E-state index contributed by atoms with van der Waals surface area (Å²) in [5, 5.41) is 3.89. The van der Waals surface area contributed by atoms with E-state index >= 15 is 0 Å². The topological polar surface area (TPSA) is 90.3 Å². The Hall–Kier alpha value is -3.51. The van der Waals surface area contributed by atoms with Gasteiger partial charge in [0.2, 0.25) is 0 Å². The Morgan fingerprint density at radius 1 is 1.11 bits per heavy atom. The van der Waals surface area contributed by atoms with Gasteiger partial charge in [0.05, 0.1) is 18.3 Å². The Kier molecular flexibility index (Phi) is 4.63. The van der Waals surface area contributed by atoms with E-state index in [0.29, 0.717) is 33.1 Å². The normalized spacial score (nSPS) is 10.9. The third-order valence-corrected chi connectivity index (χ3v) is 4.66. The molecule has 0 aliphatic carbocycles. The van der Waals surface area contributed by atoms with Crippen molar-refractivity contribution in [3.05, 3.63) is 93.6 Å². The van der Waals surface area contributed by atoms with Crippen molar-refractivity contribution in [2.45, 2.75) is 6.54 Å². The number of nitrogens with two attached hydrogens (primary N) is 1. The van der Waals surface area contributed by atoms with Crippen molar-refractivity contribution >= 4 is 39.8 Å². The molecular formula is C21H16ClN3O3. The zero-order valence-electron chi connectivity index (χ0n) is 14.7. The smallest absolute Gasteiger partial charge is 0.264 e. The number of fused-ring (bicyclic) bond motifs is 1. The molecule has 0 fully saturated rings. The molecule has 2 aromatic heterocycles. The molecule has 6 nitrogen and oxygen atoms in total. The Balaban J connectivity index is 1.82. The van der Waals surface area contributed by atoms with Crippen LogP contribution in [0, 0.1) is 0 Å². The van der Waals surface area contributed by atoms with Crippen LogP contribution in [0.3, 0.4) is 0 Å². The van der Waals surface area contributed by atoms with Gasteiger partial charge in [-0.2, -0.15) is 0 Å². The second-order valence-corrected chi connectivity index (χ2v) is 6.71. The van der Waals surface area contributed by atoms with Crippen LogP contribution in [0.25, 0.3) is 10.9 Å². The van der Waals surface area contributed by atoms with Crippen LogP contribution in [0.2, 0.25) is 5.02 Å². The van der Waals surface area contributed by atoms with Crippen LogP contribution >= 0.6 is 11.6 Å². The number of carbonyl (C=O) groups excluding carboxylic acids is 1. The lowest BCUT2D eigenvalue weighted by Gasteiger charge is -2.13. The first-order valence-corrected chi connectivity index (χ1v) is 8.92. The second-order valence-electron chi connectivity index (χ2n) is 6.27. The average molecular weight is 394 g/mol. The minimum atomic E-state index is -0.523. The number of pyridine rings is 1. The molecule has 0 aliphatic heterocycles. The average Bonchev–Trinajstić information content (AvgIpc) is 3.19. The number of hydrogen-bond acceptors (Lipinski definition) is 4. The summed E-state index contributed by atoms with van der Waals surface area (Å²) in [5.74, 6) is 0.0757. The summed E-state index contributed by atoms with van der Waals surface area (Å²) in [7, 11) is 0. The fourth-order valence-corrected chi connectivity index (χ4v) is 3.16. The van der Waals surface area contributed by atoms with Crippen LogP contribution in [0.1, 0.15) is 16.1 Å². The van der Waals surface area contributed by atoms with Crippen LogP contribution in [0.5, 0.6) is 0 Å². The predicted molar refractivity (Wildman–Crippen MR) is 110 cm³/mol. The van der Waals surface area contributed by atoms with Crippen LogP contribution in [0.4, 0.5) is 11.4 Å². The largest absolute Gasteiger partial charge is 0.467 e. The molecule has 0 saturated carbocycles. The number of halogens is 1. The highest BCUT2D eigenvalue weighted by Crippen LogP contribution is 2.22. The van der Waals surface area contributed by atoms with Crippen molar-refractivity contribution in [3.8, 4) is 0 Å². The minimum absolute atomic E-state index is 0.00749. The molecule has 7 heteroatoms. The van der Waals surface area contributed by atoms with Crippen molar-refractivity contribution in [2.75, 3.05) is 11.1 Å². The highest BCUT2D eigenvalue weighted by atomic mass is 35.5. The zero-order chi connectivity index (χ0) is 19.7. The number of furan rings is 1. The van der Waals surface area contributed by atoms with Gasteiger partial charge in [-0.1, -0.05) is 17.7 Å². The first-order chi connectivity index (χ1) is 13.5. The highest BCUT2D eigenvalue weighted by Gasteiger charge is 2.18. The number of hydrogen-bond donors (Lipinski definition) is 2. The van der Waals surface area contributed by atoms with Gasteiger partial charge in [-0.25, -0.2) is 0 Å². The lowest BCUT2D eigenvalue weighted by molar-refractivity contribution is 0.102. The van der Waals surface area contributed by atoms with E-state index in [-0.39, 0.29) is 12.1 Å². The number of nitrogens with zero attached hydrogens (tertiary/aromatic N) is 1. The maximum atomic E-state index is 13.1. The SMILES string of the molecule is Nc1cccc2c1cc(C(=O)Nc1ccc(Cl)cc1)c(=O)n2Cc1ccco1. The molecule has 140 valence electrons. The number of amides is 1. The van der Waals surface area contributed by atoms with E-state index in [1.165, 1.54) is 16.9 Å².